The Morgan fingerprint density at radius 1 is 1.64 bits per heavy atom. The monoisotopic (exact) mass is 211 g/mol. The molecule has 0 radical (unpaired) electrons. The van der Waals surface area contributed by atoms with Crippen molar-refractivity contribution in [1.29, 1.82) is 0 Å². The van der Waals surface area contributed by atoms with Crippen molar-refractivity contribution < 1.29 is 9.90 Å². The molecule has 1 aromatic rings. The third-order valence-corrected chi connectivity index (χ3v) is 2.79. The van der Waals surface area contributed by atoms with Gasteiger partial charge in [0.05, 0.1) is 12.1 Å². The molecule has 0 amide bonds. The van der Waals surface area contributed by atoms with Gasteiger partial charge in [-0.2, -0.15) is 11.8 Å². The first-order valence-corrected chi connectivity index (χ1v) is 5.55. The van der Waals surface area contributed by atoms with Crippen LogP contribution in [0, 0.1) is 6.92 Å². The first-order valence-electron chi connectivity index (χ1n) is 4.40. The van der Waals surface area contributed by atoms with Crippen LogP contribution in [-0.4, -0.2) is 21.8 Å². The van der Waals surface area contributed by atoms with Gasteiger partial charge < -0.3 is 5.11 Å². The van der Waals surface area contributed by atoms with E-state index in [4.69, 9.17) is 5.11 Å². The molecule has 76 valence electrons. The smallest absolute Gasteiger partial charge is 0.304 e. The summed E-state index contributed by atoms with van der Waals surface area (Å²) in [4.78, 5) is 14.5. The van der Waals surface area contributed by atoms with E-state index in [0.29, 0.717) is 5.75 Å². The van der Waals surface area contributed by atoms with Crippen molar-refractivity contribution in [2.24, 2.45) is 0 Å². The summed E-state index contributed by atoms with van der Waals surface area (Å²) < 4.78 is 0. The fourth-order valence-corrected chi connectivity index (χ4v) is 1.96. The van der Waals surface area contributed by atoms with Crippen molar-refractivity contribution in [3.05, 3.63) is 29.6 Å². The number of nitrogens with zero attached hydrogens (tertiary/aromatic N) is 1. The molecule has 1 rings (SSSR count). The largest absolute Gasteiger partial charge is 0.481 e. The Hall–Kier alpha value is -1.03. The molecule has 0 saturated carbocycles. The normalized spacial score (nSPS) is 10.1. The molecule has 0 unspecified atom stereocenters. The Balaban J connectivity index is 2.31. The number of hydrogen-bond acceptors (Lipinski definition) is 3. The standard InChI is InChI=1S/C10H13NO2S/c1-8-3-2-5-11-9(8)7-14-6-4-10(12)13/h2-3,5H,4,6-7H2,1H3,(H,12,13). The average molecular weight is 211 g/mol. The van der Waals surface area contributed by atoms with Crippen LogP contribution in [0.5, 0.6) is 0 Å². The third kappa shape index (κ3) is 3.79. The first-order chi connectivity index (χ1) is 6.70. The topological polar surface area (TPSA) is 50.2 Å². The van der Waals surface area contributed by atoms with E-state index in [0.717, 1.165) is 17.0 Å². The number of aromatic nitrogens is 1. The van der Waals surface area contributed by atoms with Gasteiger partial charge in [-0.3, -0.25) is 9.78 Å². The number of carboxylic acids is 1. The molecule has 0 aromatic carbocycles. The molecular formula is C10H13NO2S. The Kier molecular flexibility index (Phi) is 4.46. The van der Waals surface area contributed by atoms with E-state index >= 15 is 0 Å². The van der Waals surface area contributed by atoms with Gasteiger partial charge in [-0.15, -0.1) is 0 Å². The fraction of sp³-hybridized carbons (Fsp3) is 0.400. The predicted molar refractivity (Wildman–Crippen MR) is 57.4 cm³/mol. The van der Waals surface area contributed by atoms with Crippen LogP contribution in [0.25, 0.3) is 0 Å². The van der Waals surface area contributed by atoms with E-state index in [9.17, 15) is 4.79 Å². The molecule has 0 atom stereocenters. The summed E-state index contributed by atoms with van der Waals surface area (Å²) in [5, 5.41) is 8.44. The molecule has 0 aliphatic rings. The zero-order chi connectivity index (χ0) is 10.4. The van der Waals surface area contributed by atoms with Gasteiger partial charge in [0.25, 0.3) is 0 Å². The van der Waals surface area contributed by atoms with Gasteiger partial charge in [0.15, 0.2) is 0 Å². The average Bonchev–Trinajstić information content (AvgIpc) is 2.15. The van der Waals surface area contributed by atoms with Gasteiger partial charge in [-0.1, -0.05) is 6.07 Å². The summed E-state index contributed by atoms with van der Waals surface area (Å²) in [6.45, 7) is 2.01. The molecular weight excluding hydrogens is 198 g/mol. The Bertz CT molecular complexity index is 315. The maximum atomic E-state index is 10.2. The van der Waals surface area contributed by atoms with E-state index < -0.39 is 5.97 Å². The van der Waals surface area contributed by atoms with E-state index in [1.54, 1.807) is 18.0 Å². The zero-order valence-electron chi connectivity index (χ0n) is 8.06. The van der Waals surface area contributed by atoms with Gasteiger partial charge >= 0.3 is 5.97 Å². The van der Waals surface area contributed by atoms with Gasteiger partial charge in [0.2, 0.25) is 0 Å². The number of thioether (sulfide) groups is 1. The SMILES string of the molecule is Cc1cccnc1CSCCC(=O)O. The second-order valence-electron chi connectivity index (χ2n) is 2.96. The molecule has 4 heteroatoms. The van der Waals surface area contributed by atoms with Crippen molar-refractivity contribution in [3.63, 3.8) is 0 Å². The lowest BCUT2D eigenvalue weighted by Crippen LogP contribution is -1.97. The van der Waals surface area contributed by atoms with E-state index in [2.05, 4.69) is 4.98 Å². The van der Waals surface area contributed by atoms with E-state index in [-0.39, 0.29) is 6.42 Å². The van der Waals surface area contributed by atoms with Crippen LogP contribution in [-0.2, 0) is 10.5 Å². The second kappa shape index (κ2) is 5.65. The van der Waals surface area contributed by atoms with Crippen LogP contribution >= 0.6 is 11.8 Å². The second-order valence-corrected chi connectivity index (χ2v) is 4.07. The summed E-state index contributed by atoms with van der Waals surface area (Å²) in [5.41, 5.74) is 2.21. The minimum Gasteiger partial charge on any atom is -0.481 e. The van der Waals surface area contributed by atoms with Crippen LogP contribution in [0.1, 0.15) is 17.7 Å². The summed E-state index contributed by atoms with van der Waals surface area (Å²) >= 11 is 1.61. The van der Waals surface area contributed by atoms with Gasteiger partial charge in [0, 0.05) is 17.7 Å². The molecule has 14 heavy (non-hydrogen) atoms. The maximum absolute atomic E-state index is 10.2. The Morgan fingerprint density at radius 2 is 2.43 bits per heavy atom. The molecule has 1 heterocycles. The van der Waals surface area contributed by atoms with Crippen LogP contribution in [0.15, 0.2) is 18.3 Å². The molecule has 0 aliphatic carbocycles. The molecule has 0 spiro atoms. The number of aryl methyl sites for hydroxylation is 1. The van der Waals surface area contributed by atoms with Crippen LogP contribution in [0.2, 0.25) is 0 Å². The lowest BCUT2D eigenvalue weighted by atomic mass is 10.2. The highest BCUT2D eigenvalue weighted by Gasteiger charge is 2.00. The lowest BCUT2D eigenvalue weighted by Gasteiger charge is -2.02. The number of aliphatic carboxylic acids is 1. The first kappa shape index (κ1) is 11.0. The van der Waals surface area contributed by atoms with Crippen LogP contribution in [0.3, 0.4) is 0 Å². The van der Waals surface area contributed by atoms with Gasteiger partial charge in [-0.25, -0.2) is 0 Å². The molecule has 0 saturated heterocycles. The lowest BCUT2D eigenvalue weighted by molar-refractivity contribution is -0.136. The highest BCUT2D eigenvalue weighted by Crippen LogP contribution is 2.13. The fourth-order valence-electron chi connectivity index (χ4n) is 0.998. The quantitative estimate of drug-likeness (QED) is 0.758. The van der Waals surface area contributed by atoms with Gasteiger partial charge in [0.1, 0.15) is 0 Å². The van der Waals surface area contributed by atoms with Crippen molar-refractivity contribution in [1.82, 2.24) is 4.98 Å². The van der Waals surface area contributed by atoms with Crippen LogP contribution in [0.4, 0.5) is 0 Å². The van der Waals surface area contributed by atoms with Gasteiger partial charge in [-0.05, 0) is 18.6 Å². The summed E-state index contributed by atoms with van der Waals surface area (Å²) in [6, 6.07) is 3.92. The Morgan fingerprint density at radius 3 is 3.07 bits per heavy atom. The summed E-state index contributed by atoms with van der Waals surface area (Å²) in [7, 11) is 0. The van der Waals surface area contributed by atoms with Crippen molar-refractivity contribution in [3.8, 4) is 0 Å². The number of pyridine rings is 1. The predicted octanol–water partition coefficient (Wildman–Crippen LogP) is 2.10. The number of rotatable bonds is 5. The Labute approximate surface area is 87.6 Å². The van der Waals surface area contributed by atoms with Crippen molar-refractivity contribution >= 4 is 17.7 Å². The molecule has 1 N–H and O–H groups in total. The minimum absolute atomic E-state index is 0.219. The van der Waals surface area contributed by atoms with Crippen LogP contribution < -0.4 is 0 Å². The highest BCUT2D eigenvalue weighted by molar-refractivity contribution is 7.98. The summed E-state index contributed by atoms with van der Waals surface area (Å²) in [5.74, 6) is 0.695. The number of carboxylic acid groups (broad SMARTS) is 1. The molecule has 3 nitrogen and oxygen atoms in total. The third-order valence-electron chi connectivity index (χ3n) is 1.82. The highest BCUT2D eigenvalue weighted by atomic mass is 32.2. The number of carbonyl (C=O) groups is 1. The number of hydrogen-bond donors (Lipinski definition) is 1. The van der Waals surface area contributed by atoms with E-state index in [1.165, 1.54) is 0 Å². The molecule has 0 fully saturated rings. The van der Waals surface area contributed by atoms with Crippen molar-refractivity contribution in [2.45, 2.75) is 19.1 Å². The summed E-state index contributed by atoms with van der Waals surface area (Å²) in [6.07, 6.45) is 1.98. The van der Waals surface area contributed by atoms with Crippen molar-refractivity contribution in [2.75, 3.05) is 5.75 Å². The van der Waals surface area contributed by atoms with E-state index in [1.807, 2.05) is 19.1 Å². The zero-order valence-corrected chi connectivity index (χ0v) is 8.88. The molecule has 0 bridgehead atoms. The minimum atomic E-state index is -0.741. The molecule has 0 aliphatic heterocycles. The maximum Gasteiger partial charge on any atom is 0.304 e. The molecule has 1 aromatic heterocycles.